The van der Waals surface area contributed by atoms with Crippen LogP contribution in [0.5, 0.6) is 11.6 Å². The Labute approximate surface area is 110 Å². The Morgan fingerprint density at radius 3 is 2.69 bits per heavy atom. The lowest BCUT2D eigenvalue weighted by molar-refractivity contribution is 0.459. The lowest BCUT2D eigenvalue weighted by Gasteiger charge is -2.05. The number of hydrogen-bond acceptors (Lipinski definition) is 3. The fraction of sp³-hybridized carbons (Fsp3) is 0.0909. The summed E-state index contributed by atoms with van der Waals surface area (Å²) in [6, 6.07) is 5.55. The van der Waals surface area contributed by atoms with E-state index in [0.29, 0.717) is 11.6 Å². The minimum absolute atomic E-state index is 0.556. The molecule has 82 valence electrons. The second-order valence-electron chi connectivity index (χ2n) is 3.16. The van der Waals surface area contributed by atoms with Gasteiger partial charge in [-0.3, -0.25) is 4.98 Å². The van der Waals surface area contributed by atoms with Crippen molar-refractivity contribution in [3.8, 4) is 11.6 Å². The Hall–Kier alpha value is -0.940. The molecule has 2 aromatic heterocycles. The molecule has 0 spiro atoms. The van der Waals surface area contributed by atoms with Gasteiger partial charge in [0.15, 0.2) is 0 Å². The van der Waals surface area contributed by atoms with E-state index in [9.17, 15) is 0 Å². The van der Waals surface area contributed by atoms with E-state index >= 15 is 0 Å². The van der Waals surface area contributed by atoms with Gasteiger partial charge in [0.1, 0.15) is 5.75 Å². The summed E-state index contributed by atoms with van der Waals surface area (Å²) in [5, 5.41) is 0. The van der Waals surface area contributed by atoms with Gasteiger partial charge in [0.2, 0.25) is 5.88 Å². The second kappa shape index (κ2) is 4.93. The number of pyridine rings is 2. The topological polar surface area (TPSA) is 35.0 Å². The molecule has 2 rings (SSSR count). The SMILES string of the molecule is Cc1nc(Oc2cncc(Br)c2)ccc1Br. The lowest BCUT2D eigenvalue weighted by atomic mass is 10.4. The first-order valence-electron chi connectivity index (χ1n) is 4.57. The highest BCUT2D eigenvalue weighted by molar-refractivity contribution is 9.10. The summed E-state index contributed by atoms with van der Waals surface area (Å²) < 4.78 is 7.41. The van der Waals surface area contributed by atoms with Gasteiger partial charge < -0.3 is 4.74 Å². The molecule has 0 fully saturated rings. The summed E-state index contributed by atoms with van der Waals surface area (Å²) in [6.07, 6.45) is 3.34. The quantitative estimate of drug-likeness (QED) is 0.823. The van der Waals surface area contributed by atoms with E-state index in [0.717, 1.165) is 14.6 Å². The highest BCUT2D eigenvalue weighted by atomic mass is 79.9. The van der Waals surface area contributed by atoms with E-state index in [1.54, 1.807) is 18.5 Å². The van der Waals surface area contributed by atoms with E-state index in [1.165, 1.54) is 0 Å². The normalized spacial score (nSPS) is 10.2. The van der Waals surface area contributed by atoms with Crippen LogP contribution >= 0.6 is 31.9 Å². The summed E-state index contributed by atoms with van der Waals surface area (Å²) in [6.45, 7) is 1.91. The first-order valence-corrected chi connectivity index (χ1v) is 6.15. The third-order valence-corrected chi connectivity index (χ3v) is 3.17. The molecule has 5 heteroatoms. The average molecular weight is 344 g/mol. The monoisotopic (exact) mass is 342 g/mol. The molecule has 0 aliphatic carbocycles. The molecule has 0 aliphatic heterocycles. The van der Waals surface area contributed by atoms with Crippen molar-refractivity contribution < 1.29 is 4.74 Å². The highest BCUT2D eigenvalue weighted by Gasteiger charge is 2.02. The average Bonchev–Trinajstić information content (AvgIpc) is 2.24. The van der Waals surface area contributed by atoms with Gasteiger partial charge in [0.05, 0.1) is 11.9 Å². The predicted molar refractivity (Wildman–Crippen MR) is 68.7 cm³/mol. The van der Waals surface area contributed by atoms with Crippen molar-refractivity contribution in [1.29, 1.82) is 0 Å². The van der Waals surface area contributed by atoms with E-state index in [-0.39, 0.29) is 0 Å². The number of nitrogens with zero attached hydrogens (tertiary/aromatic N) is 2. The first kappa shape index (κ1) is 11.5. The highest BCUT2D eigenvalue weighted by Crippen LogP contribution is 2.24. The molecule has 0 saturated carbocycles. The first-order chi connectivity index (χ1) is 7.65. The predicted octanol–water partition coefficient (Wildman–Crippen LogP) is 4.10. The van der Waals surface area contributed by atoms with Crippen LogP contribution in [0.3, 0.4) is 0 Å². The van der Waals surface area contributed by atoms with Crippen LogP contribution in [0.15, 0.2) is 39.5 Å². The summed E-state index contributed by atoms with van der Waals surface area (Å²) in [5.74, 6) is 1.21. The molecule has 0 bridgehead atoms. The van der Waals surface area contributed by atoms with Gasteiger partial charge in [-0.15, -0.1) is 0 Å². The lowest BCUT2D eigenvalue weighted by Crippen LogP contribution is -1.91. The Morgan fingerprint density at radius 1 is 1.19 bits per heavy atom. The Morgan fingerprint density at radius 2 is 2.00 bits per heavy atom. The van der Waals surface area contributed by atoms with E-state index in [4.69, 9.17) is 4.74 Å². The van der Waals surface area contributed by atoms with Crippen molar-refractivity contribution in [3.63, 3.8) is 0 Å². The molecule has 0 N–H and O–H groups in total. The van der Waals surface area contributed by atoms with Crippen molar-refractivity contribution in [2.75, 3.05) is 0 Å². The fourth-order valence-electron chi connectivity index (χ4n) is 1.15. The maximum absolute atomic E-state index is 5.57. The standard InChI is InChI=1S/C11H8Br2N2O/c1-7-10(13)2-3-11(15-7)16-9-4-8(12)5-14-6-9/h2-6H,1H3. The van der Waals surface area contributed by atoms with Crippen LogP contribution in [0.1, 0.15) is 5.69 Å². The number of hydrogen-bond donors (Lipinski definition) is 0. The van der Waals surface area contributed by atoms with Crippen LogP contribution in [0.4, 0.5) is 0 Å². The van der Waals surface area contributed by atoms with Crippen LogP contribution in [-0.4, -0.2) is 9.97 Å². The minimum atomic E-state index is 0.556. The van der Waals surface area contributed by atoms with E-state index in [1.807, 2.05) is 19.1 Å². The molecule has 2 heterocycles. The fourth-order valence-corrected chi connectivity index (χ4v) is 1.71. The summed E-state index contributed by atoms with van der Waals surface area (Å²) in [7, 11) is 0. The van der Waals surface area contributed by atoms with Crippen molar-refractivity contribution in [2.24, 2.45) is 0 Å². The maximum atomic E-state index is 5.57. The van der Waals surface area contributed by atoms with Crippen LogP contribution in [-0.2, 0) is 0 Å². The van der Waals surface area contributed by atoms with Gasteiger partial charge in [-0.2, -0.15) is 0 Å². The van der Waals surface area contributed by atoms with Crippen LogP contribution in [0.2, 0.25) is 0 Å². The summed E-state index contributed by atoms with van der Waals surface area (Å²) >= 11 is 6.72. The van der Waals surface area contributed by atoms with Crippen LogP contribution in [0, 0.1) is 6.92 Å². The van der Waals surface area contributed by atoms with E-state index < -0.39 is 0 Å². The van der Waals surface area contributed by atoms with Gasteiger partial charge in [0.25, 0.3) is 0 Å². The Balaban J connectivity index is 2.24. The molecular weight excluding hydrogens is 336 g/mol. The van der Waals surface area contributed by atoms with Gasteiger partial charge in [-0.25, -0.2) is 4.98 Å². The third-order valence-electron chi connectivity index (χ3n) is 1.90. The zero-order chi connectivity index (χ0) is 11.5. The Bertz CT molecular complexity index is 517. The molecule has 0 atom stereocenters. The van der Waals surface area contributed by atoms with Crippen molar-refractivity contribution >= 4 is 31.9 Å². The molecule has 0 radical (unpaired) electrons. The number of aryl methyl sites for hydroxylation is 1. The molecule has 0 amide bonds. The third kappa shape index (κ3) is 2.80. The minimum Gasteiger partial charge on any atom is -0.437 e. The van der Waals surface area contributed by atoms with Gasteiger partial charge >= 0.3 is 0 Å². The van der Waals surface area contributed by atoms with E-state index in [2.05, 4.69) is 41.8 Å². The number of rotatable bonds is 2. The molecular formula is C11H8Br2N2O. The molecule has 2 aromatic rings. The molecule has 0 aromatic carbocycles. The number of aromatic nitrogens is 2. The maximum Gasteiger partial charge on any atom is 0.219 e. The second-order valence-corrected chi connectivity index (χ2v) is 4.93. The molecule has 0 saturated heterocycles. The van der Waals surface area contributed by atoms with Gasteiger partial charge in [-0.05, 0) is 50.9 Å². The van der Waals surface area contributed by atoms with Crippen molar-refractivity contribution in [2.45, 2.75) is 6.92 Å². The Kier molecular flexibility index (Phi) is 3.56. The molecule has 3 nitrogen and oxygen atoms in total. The molecule has 0 aliphatic rings. The smallest absolute Gasteiger partial charge is 0.219 e. The van der Waals surface area contributed by atoms with Crippen LogP contribution < -0.4 is 4.74 Å². The molecule has 0 unspecified atom stereocenters. The zero-order valence-electron chi connectivity index (χ0n) is 8.45. The molecule has 16 heavy (non-hydrogen) atoms. The largest absolute Gasteiger partial charge is 0.437 e. The zero-order valence-corrected chi connectivity index (χ0v) is 11.6. The number of ether oxygens (including phenoxy) is 1. The van der Waals surface area contributed by atoms with Gasteiger partial charge in [0, 0.05) is 21.2 Å². The van der Waals surface area contributed by atoms with Crippen LogP contribution in [0.25, 0.3) is 0 Å². The summed E-state index contributed by atoms with van der Waals surface area (Å²) in [4.78, 5) is 8.30. The van der Waals surface area contributed by atoms with Gasteiger partial charge in [-0.1, -0.05) is 0 Å². The van der Waals surface area contributed by atoms with Crippen molar-refractivity contribution in [1.82, 2.24) is 9.97 Å². The van der Waals surface area contributed by atoms with Crippen molar-refractivity contribution in [3.05, 3.63) is 45.2 Å². The number of halogens is 2. The summed E-state index contributed by atoms with van der Waals surface area (Å²) in [5.41, 5.74) is 0.889.